The molecule has 1 aromatic heterocycles. The number of rotatable bonds is 9. The molecule has 0 N–H and O–H groups in total. The maximum atomic E-state index is 13.4. The van der Waals surface area contributed by atoms with Crippen LogP contribution in [0, 0.1) is 0 Å². The number of hydrogen-bond donors (Lipinski definition) is 0. The molecular weight excluding hydrogens is 540 g/mol. The van der Waals surface area contributed by atoms with Crippen molar-refractivity contribution in [2.24, 2.45) is 0 Å². The summed E-state index contributed by atoms with van der Waals surface area (Å²) in [7, 11) is 0. The summed E-state index contributed by atoms with van der Waals surface area (Å²) in [5.74, 6) is 0.306. The van der Waals surface area contributed by atoms with E-state index in [0.717, 1.165) is 40.7 Å². The summed E-state index contributed by atoms with van der Waals surface area (Å²) in [4.78, 5) is 27.5. The van der Waals surface area contributed by atoms with Gasteiger partial charge in [0.15, 0.2) is 5.76 Å². The van der Waals surface area contributed by atoms with Gasteiger partial charge in [0.25, 0.3) is 0 Å². The maximum Gasteiger partial charge on any atom is 0.419 e. The van der Waals surface area contributed by atoms with Crippen LogP contribution >= 0.6 is 0 Å². The third-order valence-corrected chi connectivity index (χ3v) is 7.74. The fraction of sp³-hybridized carbons (Fsp3) is 0.194. The van der Waals surface area contributed by atoms with Gasteiger partial charge >= 0.3 is 12.1 Å². The van der Waals surface area contributed by atoms with E-state index in [1.165, 1.54) is 4.90 Å². The zero-order valence-electron chi connectivity index (χ0n) is 24.2. The van der Waals surface area contributed by atoms with Crippen molar-refractivity contribution in [2.75, 3.05) is 18.1 Å². The predicted octanol–water partition coefficient (Wildman–Crippen LogP) is 8.56. The van der Waals surface area contributed by atoms with Crippen LogP contribution in [-0.2, 0) is 19.7 Å². The molecule has 1 amide bonds. The van der Waals surface area contributed by atoms with E-state index in [-0.39, 0.29) is 12.6 Å². The normalized spacial score (nSPS) is 13.3. The van der Waals surface area contributed by atoms with Crippen molar-refractivity contribution in [3.8, 4) is 33.7 Å². The summed E-state index contributed by atoms with van der Waals surface area (Å²) in [5, 5.41) is 4.44. The Bertz CT molecular complexity index is 1710. The minimum absolute atomic E-state index is 0.141. The number of ether oxygens (including phenoxy) is 2. The molecule has 0 unspecified atom stereocenters. The molecule has 6 rings (SSSR count). The van der Waals surface area contributed by atoms with Gasteiger partial charge in [-0.1, -0.05) is 102 Å². The lowest BCUT2D eigenvalue weighted by molar-refractivity contribution is -0.146. The molecular formula is C36H32N2O5. The average Bonchev–Trinajstić information content (AvgIpc) is 3.76. The Labute approximate surface area is 250 Å². The highest BCUT2D eigenvalue weighted by molar-refractivity contribution is 6.04. The van der Waals surface area contributed by atoms with Crippen LogP contribution in [0.4, 0.5) is 16.2 Å². The lowest BCUT2D eigenvalue weighted by atomic mass is 9.93. The number of benzene rings is 4. The van der Waals surface area contributed by atoms with Crippen LogP contribution in [0.15, 0.2) is 114 Å². The summed E-state index contributed by atoms with van der Waals surface area (Å²) in [6, 6.07) is 35.0. The quantitative estimate of drug-likeness (QED) is 0.165. The molecule has 0 atom stereocenters. The van der Waals surface area contributed by atoms with Crippen LogP contribution in [0.3, 0.4) is 0 Å². The Balaban J connectivity index is 1.37. The van der Waals surface area contributed by atoms with Gasteiger partial charge in [-0.15, -0.1) is 0 Å². The van der Waals surface area contributed by atoms with Crippen LogP contribution in [0.2, 0.25) is 0 Å². The minimum atomic E-state index is -0.525. The molecule has 1 aliphatic carbocycles. The molecule has 0 aliphatic heterocycles. The van der Waals surface area contributed by atoms with Gasteiger partial charge in [0.05, 0.1) is 24.3 Å². The first kappa shape index (κ1) is 28.0. The van der Waals surface area contributed by atoms with E-state index in [2.05, 4.69) is 5.16 Å². The van der Waals surface area contributed by atoms with Gasteiger partial charge in [0.2, 0.25) is 0 Å². The molecule has 1 heterocycles. The molecule has 1 fully saturated rings. The monoisotopic (exact) mass is 572 g/mol. The van der Waals surface area contributed by atoms with Crippen molar-refractivity contribution in [3.63, 3.8) is 0 Å². The minimum Gasteiger partial charge on any atom is -0.465 e. The van der Waals surface area contributed by atoms with Crippen LogP contribution in [-0.4, -0.2) is 30.4 Å². The Morgan fingerprint density at radius 1 is 0.721 bits per heavy atom. The van der Waals surface area contributed by atoms with Crippen LogP contribution < -0.4 is 4.90 Å². The van der Waals surface area contributed by atoms with E-state index in [1.54, 1.807) is 6.92 Å². The van der Waals surface area contributed by atoms with Crippen molar-refractivity contribution in [3.05, 3.63) is 115 Å². The molecule has 1 aliphatic rings. The fourth-order valence-corrected chi connectivity index (χ4v) is 5.36. The Morgan fingerprint density at radius 2 is 1.28 bits per heavy atom. The lowest BCUT2D eigenvalue weighted by Crippen LogP contribution is -2.27. The van der Waals surface area contributed by atoms with Crippen molar-refractivity contribution in [1.29, 1.82) is 0 Å². The lowest BCUT2D eigenvalue weighted by Gasteiger charge is -2.22. The smallest absolute Gasteiger partial charge is 0.419 e. The molecule has 0 radical (unpaired) electrons. The highest BCUT2D eigenvalue weighted by atomic mass is 16.6. The van der Waals surface area contributed by atoms with Crippen LogP contribution in [0.1, 0.15) is 32.3 Å². The second-order valence-electron chi connectivity index (χ2n) is 10.4. The predicted molar refractivity (Wildman–Crippen MR) is 166 cm³/mol. The van der Waals surface area contributed by atoms with E-state index < -0.39 is 11.5 Å². The molecule has 0 saturated heterocycles. The Morgan fingerprint density at radius 3 is 1.86 bits per heavy atom. The SMILES string of the molecule is CCOC(=O)N(c1ccccc1)c1c(-c2ccccc2)noc1-c1ccc(-c2ccc(C3(C(=O)OCC)CC3)cc2)cc1. The number of nitrogens with zero attached hydrogens (tertiary/aromatic N) is 2. The third-order valence-electron chi connectivity index (χ3n) is 7.74. The fourth-order valence-electron chi connectivity index (χ4n) is 5.36. The number of amides is 1. The second kappa shape index (κ2) is 12.0. The van der Waals surface area contributed by atoms with Crippen LogP contribution in [0.25, 0.3) is 33.7 Å². The summed E-state index contributed by atoms with van der Waals surface area (Å²) in [5.41, 5.74) is 5.76. The van der Waals surface area contributed by atoms with Gasteiger partial charge in [-0.25, -0.2) is 9.69 Å². The van der Waals surface area contributed by atoms with E-state index >= 15 is 0 Å². The topological polar surface area (TPSA) is 81.9 Å². The molecule has 4 aromatic carbocycles. The number of anilines is 2. The molecule has 216 valence electrons. The van der Waals surface area contributed by atoms with Crippen molar-refractivity contribution < 1.29 is 23.6 Å². The van der Waals surface area contributed by atoms with Crippen LogP contribution in [0.5, 0.6) is 0 Å². The molecule has 5 aromatic rings. The van der Waals surface area contributed by atoms with E-state index in [4.69, 9.17) is 14.0 Å². The number of carbonyl (C=O) groups excluding carboxylic acids is 2. The molecule has 7 heteroatoms. The van der Waals surface area contributed by atoms with E-state index in [1.807, 2.05) is 116 Å². The number of aromatic nitrogens is 1. The summed E-state index contributed by atoms with van der Waals surface area (Å²) in [6.45, 7) is 4.22. The first-order valence-corrected chi connectivity index (χ1v) is 14.5. The van der Waals surface area contributed by atoms with Gasteiger partial charge in [-0.05, 0) is 55.5 Å². The third kappa shape index (κ3) is 5.42. The van der Waals surface area contributed by atoms with Gasteiger partial charge in [-0.2, -0.15) is 0 Å². The second-order valence-corrected chi connectivity index (χ2v) is 10.4. The zero-order chi connectivity index (χ0) is 29.8. The standard InChI is InChI=1S/C36H32N2O5/c1-3-41-34(39)36(23-24-36)29-21-19-26(20-22-29)25-15-17-28(18-16-25)33-32(31(37-43-33)27-11-7-5-8-12-27)38(35(40)42-4-2)30-13-9-6-10-14-30/h5-22H,3-4,23-24H2,1-2H3. The van der Waals surface area contributed by atoms with Crippen molar-refractivity contribution in [1.82, 2.24) is 5.16 Å². The highest BCUT2D eigenvalue weighted by Gasteiger charge is 2.52. The van der Waals surface area contributed by atoms with Gasteiger partial charge in [0, 0.05) is 11.1 Å². The van der Waals surface area contributed by atoms with Crippen molar-refractivity contribution in [2.45, 2.75) is 32.1 Å². The number of para-hydroxylation sites is 1. The number of esters is 1. The van der Waals surface area contributed by atoms with E-state index in [0.29, 0.717) is 29.4 Å². The first-order valence-electron chi connectivity index (χ1n) is 14.5. The van der Waals surface area contributed by atoms with Gasteiger partial charge in [0.1, 0.15) is 11.4 Å². The number of hydrogen-bond acceptors (Lipinski definition) is 6. The van der Waals surface area contributed by atoms with E-state index in [9.17, 15) is 9.59 Å². The molecule has 43 heavy (non-hydrogen) atoms. The highest BCUT2D eigenvalue weighted by Crippen LogP contribution is 2.49. The zero-order valence-corrected chi connectivity index (χ0v) is 24.2. The Hall–Kier alpha value is -5.17. The largest absolute Gasteiger partial charge is 0.465 e. The maximum absolute atomic E-state index is 13.4. The van der Waals surface area contributed by atoms with Crippen molar-refractivity contribution >= 4 is 23.4 Å². The number of carbonyl (C=O) groups is 2. The summed E-state index contributed by atoms with van der Waals surface area (Å²) in [6.07, 6.45) is 1.11. The molecule has 0 bridgehead atoms. The molecule has 1 saturated carbocycles. The Kier molecular flexibility index (Phi) is 7.79. The van der Waals surface area contributed by atoms with Gasteiger partial charge in [-0.3, -0.25) is 4.79 Å². The summed E-state index contributed by atoms with van der Waals surface area (Å²) >= 11 is 0. The van der Waals surface area contributed by atoms with Gasteiger partial charge < -0.3 is 14.0 Å². The molecule has 0 spiro atoms. The summed E-state index contributed by atoms with van der Waals surface area (Å²) < 4.78 is 16.8. The first-order chi connectivity index (χ1) is 21.1. The molecule has 7 nitrogen and oxygen atoms in total. The average molecular weight is 573 g/mol.